The first-order valence-corrected chi connectivity index (χ1v) is 5.37. The number of hydrogen-bond acceptors (Lipinski definition) is 3. The molecular weight excluding hydrogens is 214 g/mol. The molecule has 0 aliphatic carbocycles. The van der Waals surface area contributed by atoms with E-state index < -0.39 is 6.10 Å². The minimum absolute atomic E-state index is 0.260. The summed E-state index contributed by atoms with van der Waals surface area (Å²) in [7, 11) is 1.64. The van der Waals surface area contributed by atoms with Gasteiger partial charge < -0.3 is 15.2 Å². The summed E-state index contributed by atoms with van der Waals surface area (Å²) < 4.78 is 5.05. The Bertz CT molecular complexity index is 276. The second kappa shape index (κ2) is 6.67. The fourth-order valence-corrected chi connectivity index (χ4v) is 1.29. The molecule has 1 atom stereocenters. The molecule has 2 N–H and O–H groups in total. The summed E-state index contributed by atoms with van der Waals surface area (Å²) in [5.74, 6) is 1.11. The average molecular weight is 230 g/mol. The summed E-state index contributed by atoms with van der Waals surface area (Å²) in [5.41, 5.74) is 1.15. The van der Waals surface area contributed by atoms with Gasteiger partial charge in [-0.1, -0.05) is 12.1 Å². The van der Waals surface area contributed by atoms with E-state index >= 15 is 0 Å². The summed E-state index contributed by atoms with van der Waals surface area (Å²) in [6.07, 6.45) is -0.482. The van der Waals surface area contributed by atoms with Crippen molar-refractivity contribution in [1.82, 2.24) is 5.32 Å². The molecule has 1 aromatic carbocycles. The molecule has 0 spiro atoms. The molecule has 0 saturated carbocycles. The number of ether oxygens (including phenoxy) is 1. The highest BCUT2D eigenvalue weighted by molar-refractivity contribution is 6.18. The van der Waals surface area contributed by atoms with Gasteiger partial charge in [0.05, 0.1) is 13.2 Å². The van der Waals surface area contributed by atoms with Crippen molar-refractivity contribution in [2.24, 2.45) is 0 Å². The molecule has 4 heteroatoms. The lowest BCUT2D eigenvalue weighted by Crippen LogP contribution is -2.27. The van der Waals surface area contributed by atoms with Crippen LogP contribution in [0.5, 0.6) is 5.75 Å². The summed E-state index contributed by atoms with van der Waals surface area (Å²) in [4.78, 5) is 0. The van der Waals surface area contributed by atoms with Crippen LogP contribution in [0.4, 0.5) is 0 Å². The van der Waals surface area contributed by atoms with Crippen LogP contribution < -0.4 is 10.1 Å². The van der Waals surface area contributed by atoms with Crippen LogP contribution in [0.15, 0.2) is 24.3 Å². The minimum atomic E-state index is -0.482. The van der Waals surface area contributed by atoms with Gasteiger partial charge in [-0.2, -0.15) is 0 Å². The van der Waals surface area contributed by atoms with Crippen molar-refractivity contribution in [3.8, 4) is 5.75 Å². The zero-order valence-corrected chi connectivity index (χ0v) is 9.50. The Morgan fingerprint density at radius 2 is 2.07 bits per heavy atom. The number of benzene rings is 1. The SMILES string of the molecule is COc1ccc(CNC[C@H](O)CCl)cc1. The lowest BCUT2D eigenvalue weighted by atomic mass is 10.2. The van der Waals surface area contributed by atoms with Gasteiger partial charge >= 0.3 is 0 Å². The molecule has 15 heavy (non-hydrogen) atoms. The number of hydrogen-bond donors (Lipinski definition) is 2. The predicted molar refractivity (Wildman–Crippen MR) is 61.4 cm³/mol. The molecule has 0 radical (unpaired) electrons. The van der Waals surface area contributed by atoms with Crippen molar-refractivity contribution in [2.75, 3.05) is 19.5 Å². The molecule has 0 amide bonds. The number of aliphatic hydroxyl groups excluding tert-OH is 1. The van der Waals surface area contributed by atoms with Crippen LogP contribution in [0, 0.1) is 0 Å². The van der Waals surface area contributed by atoms with Crippen LogP contribution in [0.2, 0.25) is 0 Å². The normalized spacial score (nSPS) is 12.5. The third-order valence-corrected chi connectivity index (χ3v) is 2.40. The maximum Gasteiger partial charge on any atom is 0.118 e. The Morgan fingerprint density at radius 3 is 2.60 bits per heavy atom. The Balaban J connectivity index is 2.31. The van der Waals surface area contributed by atoms with Gasteiger partial charge in [0, 0.05) is 19.0 Å². The number of methoxy groups -OCH3 is 1. The lowest BCUT2D eigenvalue weighted by Gasteiger charge is -2.08. The molecule has 0 fully saturated rings. The van der Waals surface area contributed by atoms with Crippen LogP contribution in [-0.4, -0.2) is 30.7 Å². The topological polar surface area (TPSA) is 41.5 Å². The Morgan fingerprint density at radius 1 is 1.40 bits per heavy atom. The van der Waals surface area contributed by atoms with E-state index in [1.165, 1.54) is 0 Å². The van der Waals surface area contributed by atoms with E-state index in [1.54, 1.807) is 7.11 Å². The monoisotopic (exact) mass is 229 g/mol. The minimum Gasteiger partial charge on any atom is -0.497 e. The van der Waals surface area contributed by atoms with Crippen molar-refractivity contribution in [3.63, 3.8) is 0 Å². The quantitative estimate of drug-likeness (QED) is 0.725. The van der Waals surface area contributed by atoms with E-state index in [4.69, 9.17) is 16.3 Å². The molecule has 0 unspecified atom stereocenters. The van der Waals surface area contributed by atoms with Gasteiger partial charge in [-0.25, -0.2) is 0 Å². The first kappa shape index (κ1) is 12.3. The van der Waals surface area contributed by atoms with Crippen molar-refractivity contribution >= 4 is 11.6 Å². The van der Waals surface area contributed by atoms with Gasteiger partial charge in [0.2, 0.25) is 0 Å². The average Bonchev–Trinajstić information content (AvgIpc) is 2.29. The Hall–Kier alpha value is -0.770. The number of alkyl halides is 1. The highest BCUT2D eigenvalue weighted by Gasteiger charge is 2.00. The number of halogens is 1. The number of aliphatic hydroxyl groups is 1. The number of rotatable bonds is 6. The van der Waals surface area contributed by atoms with Gasteiger partial charge in [0.25, 0.3) is 0 Å². The summed E-state index contributed by atoms with van der Waals surface area (Å²) in [6, 6.07) is 7.79. The van der Waals surface area contributed by atoms with E-state index in [0.717, 1.165) is 17.9 Å². The first-order valence-electron chi connectivity index (χ1n) is 4.84. The van der Waals surface area contributed by atoms with Crippen LogP contribution >= 0.6 is 11.6 Å². The van der Waals surface area contributed by atoms with Gasteiger partial charge in [-0.3, -0.25) is 0 Å². The van der Waals surface area contributed by atoms with Gasteiger partial charge in [0.1, 0.15) is 5.75 Å². The smallest absolute Gasteiger partial charge is 0.118 e. The highest BCUT2D eigenvalue weighted by atomic mass is 35.5. The van der Waals surface area contributed by atoms with Crippen LogP contribution in [-0.2, 0) is 6.54 Å². The summed E-state index contributed by atoms with van der Waals surface area (Å²) in [6.45, 7) is 1.23. The molecule has 1 aromatic rings. The van der Waals surface area contributed by atoms with Crippen LogP contribution in [0.25, 0.3) is 0 Å². The van der Waals surface area contributed by atoms with Crippen molar-refractivity contribution in [2.45, 2.75) is 12.6 Å². The molecule has 0 aliphatic rings. The Kier molecular flexibility index (Phi) is 5.47. The summed E-state index contributed by atoms with van der Waals surface area (Å²) >= 11 is 5.47. The van der Waals surface area contributed by atoms with E-state index in [1.807, 2.05) is 24.3 Å². The van der Waals surface area contributed by atoms with Crippen LogP contribution in [0.3, 0.4) is 0 Å². The standard InChI is InChI=1S/C11H16ClNO2/c1-15-11-4-2-9(3-5-11)7-13-8-10(14)6-12/h2-5,10,13-14H,6-8H2,1H3/t10-/m1/s1. The van der Waals surface area contributed by atoms with Crippen LogP contribution in [0.1, 0.15) is 5.56 Å². The van der Waals surface area contributed by atoms with Crippen molar-refractivity contribution in [1.29, 1.82) is 0 Å². The fourth-order valence-electron chi connectivity index (χ4n) is 1.18. The van der Waals surface area contributed by atoms with Crippen molar-refractivity contribution in [3.05, 3.63) is 29.8 Å². The molecule has 1 rings (SSSR count). The predicted octanol–water partition coefficient (Wildman–Crippen LogP) is 1.38. The van der Waals surface area contributed by atoms with E-state index in [-0.39, 0.29) is 5.88 Å². The molecular formula is C11H16ClNO2. The first-order chi connectivity index (χ1) is 7.26. The van der Waals surface area contributed by atoms with Gasteiger partial charge in [-0.05, 0) is 17.7 Å². The summed E-state index contributed by atoms with van der Waals surface area (Å²) in [5, 5.41) is 12.3. The molecule has 0 heterocycles. The second-order valence-corrected chi connectivity index (χ2v) is 3.60. The van der Waals surface area contributed by atoms with Crippen molar-refractivity contribution < 1.29 is 9.84 Å². The maximum atomic E-state index is 9.20. The fraction of sp³-hybridized carbons (Fsp3) is 0.455. The zero-order chi connectivity index (χ0) is 11.1. The lowest BCUT2D eigenvalue weighted by molar-refractivity contribution is 0.194. The third-order valence-electron chi connectivity index (χ3n) is 2.05. The second-order valence-electron chi connectivity index (χ2n) is 3.29. The van der Waals surface area contributed by atoms with Gasteiger partial charge in [0.15, 0.2) is 0 Å². The van der Waals surface area contributed by atoms with Gasteiger partial charge in [-0.15, -0.1) is 11.6 Å². The molecule has 0 saturated heterocycles. The highest BCUT2D eigenvalue weighted by Crippen LogP contribution is 2.10. The molecule has 84 valence electrons. The van der Waals surface area contributed by atoms with E-state index in [9.17, 15) is 5.11 Å². The zero-order valence-electron chi connectivity index (χ0n) is 8.74. The number of nitrogens with one attached hydrogen (secondary N) is 1. The molecule has 0 aromatic heterocycles. The third kappa shape index (κ3) is 4.51. The molecule has 0 aliphatic heterocycles. The van der Waals surface area contributed by atoms with E-state index in [0.29, 0.717) is 6.54 Å². The van der Waals surface area contributed by atoms with E-state index in [2.05, 4.69) is 5.32 Å². The largest absolute Gasteiger partial charge is 0.497 e. The molecule has 3 nitrogen and oxygen atoms in total. The Labute approximate surface area is 95.0 Å². The maximum absolute atomic E-state index is 9.20. The molecule has 0 bridgehead atoms.